The lowest BCUT2D eigenvalue weighted by Crippen LogP contribution is -2.42. The summed E-state index contributed by atoms with van der Waals surface area (Å²) in [5, 5.41) is 0. The van der Waals surface area contributed by atoms with E-state index >= 15 is 0 Å². The number of esters is 2. The number of carbonyl (C=O) groups is 3. The fourth-order valence-electron chi connectivity index (χ4n) is 2.97. The third kappa shape index (κ3) is 5.97. The number of methoxy groups -OCH3 is 1. The maximum atomic E-state index is 12.1. The van der Waals surface area contributed by atoms with Crippen LogP contribution in [-0.2, 0) is 33.3 Å². The van der Waals surface area contributed by atoms with Crippen molar-refractivity contribution in [3.63, 3.8) is 0 Å². The molecule has 0 aromatic heterocycles. The molecule has 0 bridgehead atoms. The molecule has 0 saturated carbocycles. The van der Waals surface area contributed by atoms with E-state index in [2.05, 4.69) is 0 Å². The van der Waals surface area contributed by atoms with Crippen molar-refractivity contribution < 1.29 is 33.3 Å². The van der Waals surface area contributed by atoms with Gasteiger partial charge in [-0.1, -0.05) is 0 Å². The molecule has 0 radical (unpaired) electrons. The topological polar surface area (TPSA) is 91.4 Å². The van der Waals surface area contributed by atoms with Gasteiger partial charge in [0.25, 0.3) is 5.91 Å². The molecule has 0 N–H and O–H groups in total. The smallest absolute Gasteiger partial charge is 0.335 e. The van der Waals surface area contributed by atoms with Gasteiger partial charge in [0.15, 0.2) is 12.7 Å². The number of ether oxygens (including phenoxy) is 4. The summed E-state index contributed by atoms with van der Waals surface area (Å²) in [4.78, 5) is 37.1. The highest BCUT2D eigenvalue weighted by Gasteiger charge is 2.28. The predicted octanol–water partition coefficient (Wildman–Crippen LogP) is 0.525. The lowest BCUT2D eigenvalue weighted by atomic mass is 9.97. The predicted molar refractivity (Wildman–Crippen MR) is 86.7 cm³/mol. The minimum Gasteiger partial charge on any atom is -0.469 e. The molecule has 2 atom stereocenters. The molecule has 2 aliphatic rings. The minimum atomic E-state index is -0.734. The van der Waals surface area contributed by atoms with Crippen LogP contribution in [0.4, 0.5) is 0 Å². The van der Waals surface area contributed by atoms with Gasteiger partial charge in [-0.25, -0.2) is 4.79 Å². The molecular weight excluding hydrogens is 330 g/mol. The first-order chi connectivity index (χ1) is 12.0. The lowest BCUT2D eigenvalue weighted by Gasteiger charge is -2.30. The van der Waals surface area contributed by atoms with Crippen LogP contribution in [0.25, 0.3) is 0 Å². The molecule has 0 aromatic carbocycles. The largest absolute Gasteiger partial charge is 0.469 e. The van der Waals surface area contributed by atoms with E-state index in [1.807, 2.05) is 0 Å². The van der Waals surface area contributed by atoms with Crippen molar-refractivity contribution in [3.05, 3.63) is 0 Å². The summed E-state index contributed by atoms with van der Waals surface area (Å²) in [6, 6.07) is 0. The van der Waals surface area contributed by atoms with E-state index in [0.29, 0.717) is 32.5 Å². The molecule has 142 valence electrons. The van der Waals surface area contributed by atoms with Crippen molar-refractivity contribution in [2.24, 2.45) is 5.92 Å². The number of rotatable bonds is 7. The molecular formula is C17H27NO7. The van der Waals surface area contributed by atoms with Crippen molar-refractivity contribution in [1.29, 1.82) is 0 Å². The number of hydrogen-bond acceptors (Lipinski definition) is 7. The molecule has 2 fully saturated rings. The van der Waals surface area contributed by atoms with Crippen LogP contribution >= 0.6 is 0 Å². The third-order valence-corrected chi connectivity index (χ3v) is 4.61. The molecule has 1 amide bonds. The molecule has 2 saturated heterocycles. The average molecular weight is 357 g/mol. The molecule has 0 aliphatic carbocycles. The van der Waals surface area contributed by atoms with Crippen LogP contribution < -0.4 is 0 Å². The Kier molecular flexibility index (Phi) is 7.64. The van der Waals surface area contributed by atoms with Crippen LogP contribution in [0, 0.1) is 5.92 Å². The second-order valence-electron chi connectivity index (χ2n) is 6.40. The summed E-state index contributed by atoms with van der Waals surface area (Å²) in [6.07, 6.45) is 2.37. The Balaban J connectivity index is 1.63. The maximum absolute atomic E-state index is 12.1. The van der Waals surface area contributed by atoms with Crippen molar-refractivity contribution in [3.8, 4) is 0 Å². The van der Waals surface area contributed by atoms with Crippen LogP contribution in [-0.4, -0.2) is 75.0 Å². The number of amides is 1. The zero-order valence-electron chi connectivity index (χ0n) is 14.9. The summed E-state index contributed by atoms with van der Waals surface area (Å²) >= 11 is 0. The van der Waals surface area contributed by atoms with Crippen molar-refractivity contribution in [2.75, 3.05) is 40.0 Å². The molecule has 2 aliphatic heterocycles. The molecule has 2 unspecified atom stereocenters. The van der Waals surface area contributed by atoms with Crippen LogP contribution in [0.5, 0.6) is 0 Å². The second-order valence-corrected chi connectivity index (χ2v) is 6.40. The van der Waals surface area contributed by atoms with Crippen LogP contribution in [0.15, 0.2) is 0 Å². The van der Waals surface area contributed by atoms with Gasteiger partial charge in [-0.3, -0.25) is 9.59 Å². The minimum absolute atomic E-state index is 0.0352. The SMILES string of the molecule is COC(=O)C1CCN(C(=O)COC(=O)C(C)OCC2CCCO2)CC1. The van der Waals surface area contributed by atoms with Gasteiger partial charge in [0, 0.05) is 19.7 Å². The van der Waals surface area contributed by atoms with Crippen molar-refractivity contribution in [2.45, 2.75) is 44.8 Å². The summed E-state index contributed by atoms with van der Waals surface area (Å²) in [6.45, 7) is 3.29. The Labute approximate surface area is 147 Å². The Morgan fingerprint density at radius 1 is 1.20 bits per heavy atom. The fraction of sp³-hybridized carbons (Fsp3) is 0.824. The average Bonchev–Trinajstić information content (AvgIpc) is 3.16. The number of nitrogens with zero attached hydrogens (tertiary/aromatic N) is 1. The van der Waals surface area contributed by atoms with Crippen molar-refractivity contribution >= 4 is 17.8 Å². The Morgan fingerprint density at radius 3 is 2.52 bits per heavy atom. The van der Waals surface area contributed by atoms with Gasteiger partial charge < -0.3 is 23.8 Å². The number of hydrogen-bond donors (Lipinski definition) is 0. The van der Waals surface area contributed by atoms with E-state index in [9.17, 15) is 14.4 Å². The molecule has 0 aromatic rings. The van der Waals surface area contributed by atoms with Gasteiger partial charge in [-0.2, -0.15) is 0 Å². The third-order valence-electron chi connectivity index (χ3n) is 4.61. The second kappa shape index (κ2) is 9.72. The normalized spacial score (nSPS) is 22.5. The monoisotopic (exact) mass is 357 g/mol. The zero-order chi connectivity index (χ0) is 18.2. The number of carbonyl (C=O) groups excluding carboxylic acids is 3. The summed E-state index contributed by atoms with van der Waals surface area (Å²) < 4.78 is 20.6. The maximum Gasteiger partial charge on any atom is 0.335 e. The Morgan fingerprint density at radius 2 is 1.92 bits per heavy atom. The van der Waals surface area contributed by atoms with E-state index < -0.39 is 12.1 Å². The van der Waals surface area contributed by atoms with Gasteiger partial charge in [0.05, 0.1) is 25.7 Å². The van der Waals surface area contributed by atoms with E-state index in [-0.39, 0.29) is 30.5 Å². The molecule has 8 heteroatoms. The van der Waals surface area contributed by atoms with Gasteiger partial charge in [0.2, 0.25) is 0 Å². The van der Waals surface area contributed by atoms with Crippen molar-refractivity contribution in [1.82, 2.24) is 4.90 Å². The van der Waals surface area contributed by atoms with E-state index in [0.717, 1.165) is 19.4 Å². The first-order valence-corrected chi connectivity index (χ1v) is 8.76. The summed E-state index contributed by atoms with van der Waals surface area (Å²) in [5.41, 5.74) is 0. The molecule has 8 nitrogen and oxygen atoms in total. The van der Waals surface area contributed by atoms with Gasteiger partial charge in [0.1, 0.15) is 0 Å². The van der Waals surface area contributed by atoms with Crippen LogP contribution in [0.1, 0.15) is 32.6 Å². The number of likely N-dealkylation sites (tertiary alicyclic amines) is 1. The molecule has 0 spiro atoms. The molecule has 2 heterocycles. The molecule has 25 heavy (non-hydrogen) atoms. The Bertz CT molecular complexity index is 468. The summed E-state index contributed by atoms with van der Waals surface area (Å²) in [5.74, 6) is -1.22. The molecule has 2 rings (SSSR count). The zero-order valence-corrected chi connectivity index (χ0v) is 14.9. The first-order valence-electron chi connectivity index (χ1n) is 8.76. The van der Waals surface area contributed by atoms with Crippen LogP contribution in [0.3, 0.4) is 0 Å². The standard InChI is InChI=1S/C17H27NO7/c1-12(24-10-14-4-3-9-23-14)16(20)25-11-15(19)18-7-5-13(6-8-18)17(21)22-2/h12-14H,3-11H2,1-2H3. The lowest BCUT2D eigenvalue weighted by molar-refractivity contribution is -0.163. The van der Waals surface area contributed by atoms with Gasteiger partial charge in [-0.15, -0.1) is 0 Å². The summed E-state index contributed by atoms with van der Waals surface area (Å²) in [7, 11) is 1.36. The highest BCUT2D eigenvalue weighted by Crippen LogP contribution is 2.18. The van der Waals surface area contributed by atoms with Gasteiger partial charge in [-0.05, 0) is 32.6 Å². The highest BCUT2D eigenvalue weighted by atomic mass is 16.6. The first kappa shape index (κ1) is 19.7. The van der Waals surface area contributed by atoms with E-state index in [1.54, 1.807) is 11.8 Å². The van der Waals surface area contributed by atoms with E-state index in [1.165, 1.54) is 7.11 Å². The fourth-order valence-corrected chi connectivity index (χ4v) is 2.97. The number of piperidine rings is 1. The quantitative estimate of drug-likeness (QED) is 0.614. The van der Waals surface area contributed by atoms with Crippen LogP contribution in [0.2, 0.25) is 0 Å². The van der Waals surface area contributed by atoms with E-state index in [4.69, 9.17) is 18.9 Å². The highest BCUT2D eigenvalue weighted by molar-refractivity contribution is 5.82. The Hall–Kier alpha value is -1.67. The van der Waals surface area contributed by atoms with Gasteiger partial charge >= 0.3 is 11.9 Å².